The van der Waals surface area contributed by atoms with Crippen LogP contribution < -0.4 is 5.32 Å². The van der Waals surface area contributed by atoms with Crippen molar-refractivity contribution in [1.29, 1.82) is 0 Å². The fraction of sp³-hybridized carbons (Fsp3) is 0.933. The Morgan fingerprint density at radius 2 is 2.05 bits per heavy atom. The monoisotopic (exact) mass is 267 g/mol. The maximum atomic E-state index is 12.3. The minimum atomic E-state index is 0.347. The van der Waals surface area contributed by atoms with Gasteiger partial charge in [0.1, 0.15) is 0 Å². The summed E-state index contributed by atoms with van der Waals surface area (Å²) in [5.41, 5.74) is 0. The number of carbonyl (C=O) groups is 1. The third-order valence-corrected chi connectivity index (χ3v) is 4.79. The zero-order valence-corrected chi connectivity index (χ0v) is 12.5. The average Bonchev–Trinajstić information content (AvgIpc) is 2.46. The van der Waals surface area contributed by atoms with E-state index in [0.29, 0.717) is 17.9 Å². The maximum absolute atomic E-state index is 12.3. The number of piperidine rings is 2. The van der Waals surface area contributed by atoms with Crippen LogP contribution in [0, 0.1) is 5.92 Å². The summed E-state index contributed by atoms with van der Waals surface area (Å²) in [4.78, 5) is 16.6. The van der Waals surface area contributed by atoms with Crippen LogP contribution in [-0.2, 0) is 4.79 Å². The minimum absolute atomic E-state index is 0.347. The van der Waals surface area contributed by atoms with E-state index in [2.05, 4.69) is 17.3 Å². The van der Waals surface area contributed by atoms with Gasteiger partial charge >= 0.3 is 0 Å². The lowest BCUT2D eigenvalue weighted by Gasteiger charge is -2.35. The van der Waals surface area contributed by atoms with E-state index in [1.807, 2.05) is 11.9 Å². The van der Waals surface area contributed by atoms with E-state index in [9.17, 15) is 4.79 Å². The molecule has 110 valence electrons. The zero-order chi connectivity index (χ0) is 13.7. The molecule has 0 bridgehead atoms. The van der Waals surface area contributed by atoms with Gasteiger partial charge in [0.2, 0.25) is 5.91 Å². The summed E-state index contributed by atoms with van der Waals surface area (Å²) in [6.45, 7) is 4.49. The number of carbonyl (C=O) groups excluding carboxylic acids is 1. The van der Waals surface area contributed by atoms with Gasteiger partial charge in [-0.25, -0.2) is 0 Å². The van der Waals surface area contributed by atoms with Crippen LogP contribution in [0.5, 0.6) is 0 Å². The first-order chi connectivity index (χ1) is 9.16. The third kappa shape index (κ3) is 4.46. The van der Waals surface area contributed by atoms with E-state index in [1.165, 1.54) is 12.8 Å². The van der Waals surface area contributed by atoms with E-state index in [1.54, 1.807) is 0 Å². The summed E-state index contributed by atoms with van der Waals surface area (Å²) in [6, 6.07) is 0.466. The smallest absolute Gasteiger partial charge is 0.222 e. The molecule has 2 heterocycles. The van der Waals surface area contributed by atoms with Crippen LogP contribution in [0.1, 0.15) is 38.5 Å². The number of hydrogen-bond donors (Lipinski definition) is 1. The molecule has 0 aliphatic carbocycles. The van der Waals surface area contributed by atoms with Crippen LogP contribution in [0.25, 0.3) is 0 Å². The molecule has 0 radical (unpaired) electrons. The zero-order valence-electron chi connectivity index (χ0n) is 12.5. The topological polar surface area (TPSA) is 35.6 Å². The van der Waals surface area contributed by atoms with Crippen molar-refractivity contribution in [3.8, 4) is 0 Å². The first-order valence-electron chi connectivity index (χ1n) is 7.81. The molecule has 0 aromatic rings. The van der Waals surface area contributed by atoms with Gasteiger partial charge in [0.15, 0.2) is 0 Å². The number of likely N-dealkylation sites (tertiary alicyclic amines) is 1. The molecule has 0 saturated carbocycles. The van der Waals surface area contributed by atoms with Crippen LogP contribution in [0.4, 0.5) is 0 Å². The number of nitrogens with one attached hydrogen (secondary N) is 1. The Hall–Kier alpha value is -0.610. The van der Waals surface area contributed by atoms with Crippen LogP contribution in [0.15, 0.2) is 0 Å². The van der Waals surface area contributed by atoms with Crippen molar-refractivity contribution >= 4 is 5.91 Å². The largest absolute Gasteiger partial charge is 0.343 e. The number of hydrogen-bond acceptors (Lipinski definition) is 3. The number of rotatable bonds is 4. The second kappa shape index (κ2) is 7.25. The van der Waals surface area contributed by atoms with Gasteiger partial charge in [-0.15, -0.1) is 0 Å². The molecule has 4 nitrogen and oxygen atoms in total. The highest BCUT2D eigenvalue weighted by molar-refractivity contribution is 5.76. The van der Waals surface area contributed by atoms with Crippen molar-refractivity contribution < 1.29 is 4.79 Å². The van der Waals surface area contributed by atoms with Crippen LogP contribution in [0.3, 0.4) is 0 Å². The Bertz CT molecular complexity index is 281. The predicted molar refractivity (Wildman–Crippen MR) is 78.1 cm³/mol. The fourth-order valence-corrected chi connectivity index (χ4v) is 3.26. The molecule has 0 aromatic carbocycles. The highest BCUT2D eigenvalue weighted by atomic mass is 16.2. The molecule has 1 unspecified atom stereocenters. The SMILES string of the molecule is CN1CCC(N(C)C(=O)CCC2CCCNC2)CC1. The van der Waals surface area contributed by atoms with Crippen molar-refractivity contribution in [2.45, 2.75) is 44.6 Å². The second-order valence-corrected chi connectivity index (χ2v) is 6.29. The van der Waals surface area contributed by atoms with Crippen molar-refractivity contribution in [1.82, 2.24) is 15.1 Å². The third-order valence-electron chi connectivity index (χ3n) is 4.79. The summed E-state index contributed by atoms with van der Waals surface area (Å²) < 4.78 is 0. The maximum Gasteiger partial charge on any atom is 0.222 e. The van der Waals surface area contributed by atoms with Crippen molar-refractivity contribution in [2.75, 3.05) is 40.3 Å². The Morgan fingerprint density at radius 3 is 2.68 bits per heavy atom. The Balaban J connectivity index is 1.69. The molecule has 1 amide bonds. The summed E-state index contributed by atoms with van der Waals surface area (Å²) in [6.07, 6.45) is 6.60. The molecule has 2 rings (SSSR count). The molecule has 4 heteroatoms. The highest BCUT2D eigenvalue weighted by Gasteiger charge is 2.24. The lowest BCUT2D eigenvalue weighted by molar-refractivity contribution is -0.133. The average molecular weight is 267 g/mol. The van der Waals surface area contributed by atoms with Gasteiger partial charge in [-0.05, 0) is 71.2 Å². The van der Waals surface area contributed by atoms with E-state index in [0.717, 1.165) is 51.9 Å². The van der Waals surface area contributed by atoms with Crippen LogP contribution in [0.2, 0.25) is 0 Å². The van der Waals surface area contributed by atoms with Gasteiger partial charge < -0.3 is 15.1 Å². The lowest BCUT2D eigenvalue weighted by atomic mass is 9.94. The van der Waals surface area contributed by atoms with Gasteiger partial charge in [-0.1, -0.05) is 0 Å². The number of nitrogens with zero attached hydrogens (tertiary/aromatic N) is 2. The standard InChI is InChI=1S/C15H29N3O/c1-17-10-7-14(8-11-17)18(2)15(19)6-5-13-4-3-9-16-12-13/h13-14,16H,3-12H2,1-2H3. The van der Waals surface area contributed by atoms with Crippen LogP contribution in [-0.4, -0.2) is 62.0 Å². The van der Waals surface area contributed by atoms with Gasteiger partial charge in [0.05, 0.1) is 0 Å². The molecule has 0 aromatic heterocycles. The summed E-state index contributed by atoms with van der Waals surface area (Å²) in [5, 5.41) is 3.43. The van der Waals surface area contributed by atoms with Crippen molar-refractivity contribution in [3.63, 3.8) is 0 Å². The molecular formula is C15H29N3O. The normalized spacial score (nSPS) is 26.3. The van der Waals surface area contributed by atoms with Gasteiger partial charge in [-0.2, -0.15) is 0 Å². The summed E-state index contributed by atoms with van der Waals surface area (Å²) in [5.74, 6) is 1.06. The summed E-state index contributed by atoms with van der Waals surface area (Å²) in [7, 11) is 4.16. The lowest BCUT2D eigenvalue weighted by Crippen LogP contribution is -2.44. The molecular weight excluding hydrogens is 238 g/mol. The first kappa shape index (κ1) is 14.8. The molecule has 19 heavy (non-hydrogen) atoms. The van der Waals surface area contributed by atoms with Crippen molar-refractivity contribution in [2.24, 2.45) is 5.92 Å². The molecule has 2 fully saturated rings. The molecule has 2 saturated heterocycles. The first-order valence-corrected chi connectivity index (χ1v) is 7.81. The molecule has 0 spiro atoms. The van der Waals surface area contributed by atoms with E-state index >= 15 is 0 Å². The minimum Gasteiger partial charge on any atom is -0.343 e. The van der Waals surface area contributed by atoms with Crippen molar-refractivity contribution in [3.05, 3.63) is 0 Å². The fourth-order valence-electron chi connectivity index (χ4n) is 3.26. The highest BCUT2D eigenvalue weighted by Crippen LogP contribution is 2.19. The molecule has 1 atom stereocenters. The van der Waals surface area contributed by atoms with E-state index < -0.39 is 0 Å². The molecule has 2 aliphatic heterocycles. The Morgan fingerprint density at radius 1 is 1.32 bits per heavy atom. The molecule has 2 aliphatic rings. The summed E-state index contributed by atoms with van der Waals surface area (Å²) >= 11 is 0. The second-order valence-electron chi connectivity index (χ2n) is 6.29. The van der Waals surface area contributed by atoms with E-state index in [-0.39, 0.29) is 0 Å². The quantitative estimate of drug-likeness (QED) is 0.834. The van der Waals surface area contributed by atoms with Gasteiger partial charge in [-0.3, -0.25) is 4.79 Å². The van der Waals surface area contributed by atoms with Gasteiger partial charge in [0.25, 0.3) is 0 Å². The Kier molecular flexibility index (Phi) is 5.64. The van der Waals surface area contributed by atoms with E-state index in [4.69, 9.17) is 0 Å². The number of amides is 1. The van der Waals surface area contributed by atoms with Gasteiger partial charge in [0, 0.05) is 19.5 Å². The predicted octanol–water partition coefficient (Wildman–Crippen LogP) is 1.32. The Labute approximate surface area is 117 Å². The van der Waals surface area contributed by atoms with Crippen LogP contribution >= 0.6 is 0 Å². The molecule has 1 N–H and O–H groups in total.